The largest absolute Gasteiger partial charge is 0.480 e. The van der Waals surface area contributed by atoms with E-state index in [1.165, 1.54) is 36.4 Å². The van der Waals surface area contributed by atoms with Gasteiger partial charge >= 0.3 is 5.97 Å². The summed E-state index contributed by atoms with van der Waals surface area (Å²) in [7, 11) is -3.63. The Morgan fingerprint density at radius 1 is 1.04 bits per heavy atom. The molecule has 0 spiro atoms. The van der Waals surface area contributed by atoms with Crippen molar-refractivity contribution in [2.24, 2.45) is 0 Å². The summed E-state index contributed by atoms with van der Waals surface area (Å²) in [5.41, 5.74) is 0.238. The molecule has 0 bridgehead atoms. The summed E-state index contributed by atoms with van der Waals surface area (Å²) in [5, 5.41) is 12.0. The normalized spacial score (nSPS) is 12.4. The Balaban J connectivity index is 2.05. The van der Waals surface area contributed by atoms with Crippen LogP contribution in [0.15, 0.2) is 59.5 Å². The molecule has 1 atom stereocenters. The zero-order valence-corrected chi connectivity index (χ0v) is 14.6. The van der Waals surface area contributed by atoms with Crippen molar-refractivity contribution in [3.8, 4) is 0 Å². The Kier molecular flexibility index (Phi) is 6.17. The Bertz CT molecular complexity index is 850. The highest BCUT2D eigenvalue weighted by Gasteiger charge is 2.24. The van der Waals surface area contributed by atoms with Crippen molar-refractivity contribution in [2.75, 3.05) is 5.75 Å². The van der Waals surface area contributed by atoms with Crippen molar-refractivity contribution < 1.29 is 23.1 Å². The molecule has 0 heterocycles. The Labute approximate surface area is 150 Å². The predicted octanol–water partition coefficient (Wildman–Crippen LogP) is 2.39. The first-order valence-corrected chi connectivity index (χ1v) is 9.39. The molecule has 0 radical (unpaired) electrons. The number of carboxylic acid groups (broad SMARTS) is 1. The minimum Gasteiger partial charge on any atom is -0.480 e. The third-order valence-corrected chi connectivity index (χ3v) is 5.50. The molecule has 2 aromatic carbocycles. The van der Waals surface area contributed by atoms with E-state index in [-0.39, 0.29) is 16.9 Å². The van der Waals surface area contributed by atoms with Gasteiger partial charge in [-0.25, -0.2) is 13.2 Å². The van der Waals surface area contributed by atoms with Gasteiger partial charge in [-0.15, -0.1) is 0 Å². The molecular weight excluding hydrogens is 366 g/mol. The lowest BCUT2D eigenvalue weighted by Crippen LogP contribution is -2.41. The predicted molar refractivity (Wildman–Crippen MR) is 93.5 cm³/mol. The van der Waals surface area contributed by atoms with Gasteiger partial charge in [0.15, 0.2) is 9.84 Å². The molecule has 6 nitrogen and oxygen atoms in total. The lowest BCUT2D eigenvalue weighted by Gasteiger charge is -2.15. The molecular formula is C17H16ClNO5S. The van der Waals surface area contributed by atoms with Crippen molar-refractivity contribution in [1.29, 1.82) is 0 Å². The van der Waals surface area contributed by atoms with Crippen molar-refractivity contribution in [3.05, 3.63) is 65.2 Å². The Morgan fingerprint density at radius 2 is 1.64 bits per heavy atom. The van der Waals surface area contributed by atoms with Crippen LogP contribution in [-0.4, -0.2) is 37.2 Å². The fourth-order valence-corrected chi connectivity index (χ4v) is 3.60. The molecule has 0 fully saturated rings. The first-order valence-electron chi connectivity index (χ1n) is 7.36. The molecule has 0 aliphatic carbocycles. The molecule has 132 valence electrons. The number of carbonyl (C=O) groups excluding carboxylic acids is 1. The second-order valence-corrected chi connectivity index (χ2v) is 7.84. The van der Waals surface area contributed by atoms with Crippen molar-refractivity contribution in [2.45, 2.75) is 17.4 Å². The highest BCUT2D eigenvalue weighted by atomic mass is 35.5. The second-order valence-electron chi connectivity index (χ2n) is 5.29. The summed E-state index contributed by atoms with van der Waals surface area (Å²) in [6.07, 6.45) is -0.244. The summed E-state index contributed by atoms with van der Waals surface area (Å²) in [6, 6.07) is 12.3. The molecule has 0 saturated heterocycles. The lowest BCUT2D eigenvalue weighted by molar-refractivity contribution is -0.139. The van der Waals surface area contributed by atoms with Gasteiger partial charge in [-0.3, -0.25) is 4.79 Å². The fraction of sp³-hybridized carbons (Fsp3) is 0.176. The van der Waals surface area contributed by atoms with Crippen LogP contribution < -0.4 is 5.32 Å². The Hall–Kier alpha value is -2.38. The molecule has 0 aliphatic rings. The average molecular weight is 382 g/mol. The van der Waals surface area contributed by atoms with Gasteiger partial charge in [0.05, 0.1) is 10.6 Å². The number of hydrogen-bond donors (Lipinski definition) is 2. The topological polar surface area (TPSA) is 101 Å². The van der Waals surface area contributed by atoms with E-state index in [2.05, 4.69) is 5.32 Å². The van der Waals surface area contributed by atoms with E-state index >= 15 is 0 Å². The average Bonchev–Trinajstić information content (AvgIpc) is 2.59. The second kappa shape index (κ2) is 8.13. The van der Waals surface area contributed by atoms with Gasteiger partial charge in [0.1, 0.15) is 6.04 Å². The molecule has 0 aliphatic heterocycles. The van der Waals surface area contributed by atoms with Gasteiger partial charge in [-0.1, -0.05) is 29.8 Å². The summed E-state index contributed by atoms with van der Waals surface area (Å²) in [4.78, 5) is 23.6. The molecule has 25 heavy (non-hydrogen) atoms. The third-order valence-electron chi connectivity index (χ3n) is 3.49. The number of amides is 1. The third kappa shape index (κ3) is 5.30. The molecule has 2 aromatic rings. The zero-order valence-electron chi connectivity index (χ0n) is 13.1. The van der Waals surface area contributed by atoms with Crippen LogP contribution >= 0.6 is 11.6 Å². The van der Waals surface area contributed by atoms with Crippen molar-refractivity contribution in [3.63, 3.8) is 0 Å². The molecule has 2 N–H and O–H groups in total. The standard InChI is InChI=1S/C17H16ClNO5S/c18-13-8-6-12(7-9-13)16(20)19-15(17(21)22)10-11-25(23,24)14-4-2-1-3-5-14/h1-9,15H,10-11H2,(H,19,20)(H,21,22)/t15-/m1/s1. The highest BCUT2D eigenvalue weighted by Crippen LogP contribution is 2.13. The fourth-order valence-electron chi connectivity index (χ4n) is 2.12. The number of aliphatic carboxylic acids is 1. The van der Waals surface area contributed by atoms with Crippen LogP contribution in [0.25, 0.3) is 0 Å². The smallest absolute Gasteiger partial charge is 0.326 e. The van der Waals surface area contributed by atoms with Gasteiger partial charge in [-0.05, 0) is 42.8 Å². The minimum absolute atomic E-state index is 0.114. The SMILES string of the molecule is O=C(N[C@H](CCS(=O)(=O)c1ccccc1)C(=O)O)c1ccc(Cl)cc1. The van der Waals surface area contributed by atoms with Crippen LogP contribution in [-0.2, 0) is 14.6 Å². The number of carboxylic acids is 1. The van der Waals surface area contributed by atoms with Crippen LogP contribution in [0.4, 0.5) is 0 Å². The van der Waals surface area contributed by atoms with Crippen molar-refractivity contribution in [1.82, 2.24) is 5.32 Å². The first kappa shape index (κ1) is 19.0. The number of sulfone groups is 1. The number of nitrogens with one attached hydrogen (secondary N) is 1. The van der Waals surface area contributed by atoms with E-state index in [9.17, 15) is 23.1 Å². The summed E-state index contributed by atoms with van der Waals surface area (Å²) >= 11 is 5.74. The molecule has 0 unspecified atom stereocenters. The lowest BCUT2D eigenvalue weighted by atomic mass is 10.1. The van der Waals surface area contributed by atoms with E-state index in [0.717, 1.165) is 0 Å². The number of halogens is 1. The van der Waals surface area contributed by atoms with E-state index in [4.69, 9.17) is 11.6 Å². The van der Waals surface area contributed by atoms with Crippen LogP contribution in [0.2, 0.25) is 5.02 Å². The van der Waals surface area contributed by atoms with E-state index < -0.39 is 33.5 Å². The summed E-state index contributed by atoms with van der Waals surface area (Å²) in [6.45, 7) is 0. The van der Waals surface area contributed by atoms with Crippen molar-refractivity contribution >= 4 is 33.3 Å². The molecule has 1 amide bonds. The van der Waals surface area contributed by atoms with Crippen LogP contribution in [0.5, 0.6) is 0 Å². The summed E-state index contributed by atoms with van der Waals surface area (Å²) < 4.78 is 24.5. The van der Waals surface area contributed by atoms with Gasteiger partial charge in [0.25, 0.3) is 5.91 Å². The molecule has 8 heteroatoms. The monoisotopic (exact) mass is 381 g/mol. The van der Waals surface area contributed by atoms with E-state index in [1.807, 2.05) is 0 Å². The van der Waals surface area contributed by atoms with Gasteiger partial charge in [0.2, 0.25) is 0 Å². The number of benzene rings is 2. The van der Waals surface area contributed by atoms with E-state index in [1.54, 1.807) is 18.2 Å². The molecule has 0 saturated carbocycles. The number of rotatable bonds is 7. The van der Waals surface area contributed by atoms with Gasteiger partial charge in [-0.2, -0.15) is 0 Å². The summed E-state index contributed by atoms with van der Waals surface area (Å²) in [5.74, 6) is -2.30. The van der Waals surface area contributed by atoms with Crippen LogP contribution in [0.3, 0.4) is 0 Å². The van der Waals surface area contributed by atoms with Gasteiger partial charge in [0, 0.05) is 10.6 Å². The maximum absolute atomic E-state index is 12.2. The maximum atomic E-state index is 12.2. The van der Waals surface area contributed by atoms with Crippen LogP contribution in [0.1, 0.15) is 16.8 Å². The zero-order chi connectivity index (χ0) is 18.4. The Morgan fingerprint density at radius 3 is 2.20 bits per heavy atom. The van der Waals surface area contributed by atoms with Gasteiger partial charge < -0.3 is 10.4 Å². The van der Waals surface area contributed by atoms with Crippen LogP contribution in [0, 0.1) is 0 Å². The highest BCUT2D eigenvalue weighted by molar-refractivity contribution is 7.91. The number of carbonyl (C=O) groups is 2. The maximum Gasteiger partial charge on any atom is 0.326 e. The molecule has 0 aromatic heterocycles. The minimum atomic E-state index is -3.63. The first-order chi connectivity index (χ1) is 11.8. The van der Waals surface area contributed by atoms with E-state index in [0.29, 0.717) is 5.02 Å². The molecule has 2 rings (SSSR count). The number of hydrogen-bond acceptors (Lipinski definition) is 4. The quantitative estimate of drug-likeness (QED) is 0.766.